The van der Waals surface area contributed by atoms with Crippen LogP contribution in [0.25, 0.3) is 0 Å². The fourth-order valence-corrected chi connectivity index (χ4v) is 3.27. The smallest absolute Gasteiger partial charge is 0.122 e. The monoisotopic (exact) mass is 276 g/mol. The Morgan fingerprint density at radius 3 is 2.55 bits per heavy atom. The number of aliphatic hydroxyl groups is 1. The lowest BCUT2D eigenvalue weighted by Gasteiger charge is -2.36. The van der Waals surface area contributed by atoms with Crippen LogP contribution in [0.3, 0.4) is 0 Å². The summed E-state index contributed by atoms with van der Waals surface area (Å²) < 4.78 is 5.41. The minimum atomic E-state index is -0.248. The van der Waals surface area contributed by atoms with Crippen molar-refractivity contribution in [2.75, 3.05) is 7.11 Å². The molecule has 0 heterocycles. The molecule has 0 radical (unpaired) electrons. The lowest BCUT2D eigenvalue weighted by Crippen LogP contribution is -2.30. The van der Waals surface area contributed by atoms with Crippen LogP contribution in [-0.2, 0) is 6.42 Å². The molecule has 0 saturated heterocycles. The van der Waals surface area contributed by atoms with Crippen molar-refractivity contribution in [1.29, 1.82) is 0 Å². The van der Waals surface area contributed by atoms with Gasteiger partial charge in [0, 0.05) is 6.42 Å². The zero-order chi connectivity index (χ0) is 14.8. The number of hydrogen-bond donors (Lipinski definition) is 1. The van der Waals surface area contributed by atoms with Gasteiger partial charge in [-0.25, -0.2) is 0 Å². The summed E-state index contributed by atoms with van der Waals surface area (Å²) in [5.41, 5.74) is 2.81. The SMILES string of the molecule is COc1ccc(C)cc1CC(O)C1CCC(C)(C)CC1. The first kappa shape index (κ1) is 15.4. The van der Waals surface area contributed by atoms with Gasteiger partial charge in [0.15, 0.2) is 0 Å². The van der Waals surface area contributed by atoms with Gasteiger partial charge in [-0.2, -0.15) is 0 Å². The maximum Gasteiger partial charge on any atom is 0.122 e. The van der Waals surface area contributed by atoms with Gasteiger partial charge in [-0.05, 0) is 55.6 Å². The molecule has 1 aromatic carbocycles. The van der Waals surface area contributed by atoms with E-state index >= 15 is 0 Å². The van der Waals surface area contributed by atoms with Crippen molar-refractivity contribution in [1.82, 2.24) is 0 Å². The first-order valence-electron chi connectivity index (χ1n) is 7.73. The number of benzene rings is 1. The van der Waals surface area contributed by atoms with Crippen LogP contribution in [0.15, 0.2) is 18.2 Å². The third-order valence-corrected chi connectivity index (χ3v) is 4.79. The Labute approximate surface area is 123 Å². The van der Waals surface area contributed by atoms with E-state index < -0.39 is 0 Å². The number of hydrogen-bond acceptors (Lipinski definition) is 2. The molecule has 1 aliphatic carbocycles. The van der Waals surface area contributed by atoms with Crippen molar-refractivity contribution in [2.24, 2.45) is 11.3 Å². The maximum atomic E-state index is 10.6. The van der Waals surface area contributed by atoms with Gasteiger partial charge in [-0.15, -0.1) is 0 Å². The van der Waals surface area contributed by atoms with Crippen LogP contribution in [-0.4, -0.2) is 18.3 Å². The fourth-order valence-electron chi connectivity index (χ4n) is 3.27. The molecule has 1 fully saturated rings. The summed E-state index contributed by atoms with van der Waals surface area (Å²) in [6, 6.07) is 6.19. The van der Waals surface area contributed by atoms with Crippen molar-refractivity contribution in [2.45, 2.75) is 59.0 Å². The molecule has 2 heteroatoms. The van der Waals surface area contributed by atoms with Crippen LogP contribution in [0.1, 0.15) is 50.7 Å². The minimum Gasteiger partial charge on any atom is -0.496 e. The van der Waals surface area contributed by atoms with Gasteiger partial charge in [-0.1, -0.05) is 31.5 Å². The number of ether oxygens (including phenoxy) is 1. The molecule has 20 heavy (non-hydrogen) atoms. The Hall–Kier alpha value is -1.02. The maximum absolute atomic E-state index is 10.6. The molecular formula is C18H28O2. The lowest BCUT2D eigenvalue weighted by atomic mass is 9.71. The highest BCUT2D eigenvalue weighted by Gasteiger charge is 2.30. The highest BCUT2D eigenvalue weighted by atomic mass is 16.5. The number of rotatable bonds is 4. The summed E-state index contributed by atoms with van der Waals surface area (Å²) in [5.74, 6) is 1.33. The summed E-state index contributed by atoms with van der Waals surface area (Å²) in [6.07, 6.45) is 5.18. The molecule has 1 N–H and O–H groups in total. The second kappa shape index (κ2) is 6.17. The predicted octanol–water partition coefficient (Wildman–Crippen LogP) is 4.12. The highest BCUT2D eigenvalue weighted by Crippen LogP contribution is 2.40. The van der Waals surface area contributed by atoms with Crippen molar-refractivity contribution in [3.63, 3.8) is 0 Å². The molecule has 1 saturated carbocycles. The third-order valence-electron chi connectivity index (χ3n) is 4.79. The van der Waals surface area contributed by atoms with Crippen LogP contribution in [0.4, 0.5) is 0 Å². The minimum absolute atomic E-state index is 0.248. The third kappa shape index (κ3) is 3.76. The predicted molar refractivity (Wildman–Crippen MR) is 83.2 cm³/mol. The van der Waals surface area contributed by atoms with Crippen molar-refractivity contribution < 1.29 is 9.84 Å². The van der Waals surface area contributed by atoms with E-state index in [1.165, 1.54) is 18.4 Å². The molecule has 0 bridgehead atoms. The van der Waals surface area contributed by atoms with Crippen molar-refractivity contribution in [3.05, 3.63) is 29.3 Å². The Bertz CT molecular complexity index is 441. The van der Waals surface area contributed by atoms with Gasteiger partial charge in [0.1, 0.15) is 5.75 Å². The molecule has 0 spiro atoms. The quantitative estimate of drug-likeness (QED) is 0.896. The Morgan fingerprint density at radius 1 is 1.30 bits per heavy atom. The topological polar surface area (TPSA) is 29.5 Å². The summed E-state index contributed by atoms with van der Waals surface area (Å²) in [7, 11) is 1.70. The molecule has 1 unspecified atom stereocenters. The van der Waals surface area contributed by atoms with Crippen LogP contribution in [0, 0.1) is 18.3 Å². The average Bonchev–Trinajstić information content (AvgIpc) is 2.38. The zero-order valence-electron chi connectivity index (χ0n) is 13.3. The Kier molecular flexibility index (Phi) is 4.74. The molecule has 0 aromatic heterocycles. The van der Waals surface area contributed by atoms with E-state index in [1.54, 1.807) is 7.11 Å². The second-order valence-electron chi connectivity index (χ2n) is 7.09. The molecule has 0 aliphatic heterocycles. The Morgan fingerprint density at radius 2 is 1.95 bits per heavy atom. The Balaban J connectivity index is 2.01. The van der Waals surface area contributed by atoms with Crippen LogP contribution in [0.2, 0.25) is 0 Å². The standard InChI is InChI=1S/C18H28O2/c1-13-5-6-17(20-4)15(11-13)12-16(19)14-7-9-18(2,3)10-8-14/h5-6,11,14,16,19H,7-10,12H2,1-4H3. The van der Waals surface area contributed by atoms with Gasteiger partial charge in [0.05, 0.1) is 13.2 Å². The van der Waals surface area contributed by atoms with E-state index in [-0.39, 0.29) is 6.10 Å². The van der Waals surface area contributed by atoms with E-state index in [9.17, 15) is 5.11 Å². The van der Waals surface area contributed by atoms with Crippen LogP contribution < -0.4 is 4.74 Å². The summed E-state index contributed by atoms with van der Waals surface area (Å²) in [5, 5.41) is 10.6. The van der Waals surface area contributed by atoms with E-state index in [1.807, 2.05) is 6.07 Å². The second-order valence-corrected chi connectivity index (χ2v) is 7.09. The van der Waals surface area contributed by atoms with Crippen LogP contribution >= 0.6 is 0 Å². The van der Waals surface area contributed by atoms with Gasteiger partial charge in [0.2, 0.25) is 0 Å². The molecular weight excluding hydrogens is 248 g/mol. The van der Waals surface area contributed by atoms with E-state index in [4.69, 9.17) is 4.74 Å². The molecule has 2 rings (SSSR count). The number of methoxy groups -OCH3 is 1. The summed E-state index contributed by atoms with van der Waals surface area (Å²) in [4.78, 5) is 0. The largest absolute Gasteiger partial charge is 0.496 e. The molecule has 1 atom stereocenters. The fraction of sp³-hybridized carbons (Fsp3) is 0.667. The normalized spacial score (nSPS) is 20.6. The van der Waals surface area contributed by atoms with Crippen molar-refractivity contribution in [3.8, 4) is 5.75 Å². The van der Waals surface area contributed by atoms with Gasteiger partial charge in [0.25, 0.3) is 0 Å². The summed E-state index contributed by atoms with van der Waals surface area (Å²) in [6.45, 7) is 6.75. The zero-order valence-corrected chi connectivity index (χ0v) is 13.3. The molecule has 112 valence electrons. The van der Waals surface area contributed by atoms with Gasteiger partial charge in [-0.3, -0.25) is 0 Å². The molecule has 2 nitrogen and oxygen atoms in total. The van der Waals surface area contributed by atoms with E-state index in [2.05, 4.69) is 32.9 Å². The molecule has 1 aromatic rings. The average molecular weight is 276 g/mol. The molecule has 1 aliphatic rings. The van der Waals surface area contributed by atoms with Gasteiger partial charge < -0.3 is 9.84 Å². The van der Waals surface area contributed by atoms with Crippen LogP contribution in [0.5, 0.6) is 5.75 Å². The van der Waals surface area contributed by atoms with Gasteiger partial charge >= 0.3 is 0 Å². The first-order chi connectivity index (χ1) is 9.41. The van der Waals surface area contributed by atoms with E-state index in [0.717, 1.165) is 24.2 Å². The molecule has 0 amide bonds. The first-order valence-corrected chi connectivity index (χ1v) is 7.73. The van der Waals surface area contributed by atoms with Crippen molar-refractivity contribution >= 4 is 0 Å². The van der Waals surface area contributed by atoms with E-state index in [0.29, 0.717) is 17.8 Å². The lowest BCUT2D eigenvalue weighted by molar-refractivity contribution is 0.0572. The summed E-state index contributed by atoms with van der Waals surface area (Å²) >= 11 is 0. The highest BCUT2D eigenvalue weighted by molar-refractivity contribution is 5.37. The number of aryl methyl sites for hydroxylation is 1. The number of aliphatic hydroxyl groups excluding tert-OH is 1.